The van der Waals surface area contributed by atoms with Crippen LogP contribution in [0, 0.1) is 0 Å². The summed E-state index contributed by atoms with van der Waals surface area (Å²) in [6, 6.07) is 8.04. The zero-order valence-corrected chi connectivity index (χ0v) is 14.2. The lowest BCUT2D eigenvalue weighted by atomic mass is 9.87. The van der Waals surface area contributed by atoms with Gasteiger partial charge in [0.05, 0.1) is 4.90 Å². The molecule has 0 spiro atoms. The van der Waals surface area contributed by atoms with E-state index in [-0.39, 0.29) is 28.3 Å². The molecule has 0 radical (unpaired) electrons. The van der Waals surface area contributed by atoms with Crippen LogP contribution in [0.4, 0.5) is 11.4 Å². The Hall–Kier alpha value is -2.45. The normalized spacial score (nSPS) is 12.7. The maximum Gasteiger partial charge on any atom is 0.294 e. The molecule has 2 aromatic carbocycles. The lowest BCUT2D eigenvalue weighted by molar-refractivity contribution is 0.470. The van der Waals surface area contributed by atoms with Crippen molar-refractivity contribution in [2.24, 2.45) is 10.2 Å². The van der Waals surface area contributed by atoms with Crippen LogP contribution in [0.25, 0.3) is 0 Å². The number of phenolic OH excluding ortho intramolecular Hbond substituents is 2. The van der Waals surface area contributed by atoms with E-state index < -0.39 is 15.0 Å². The van der Waals surface area contributed by atoms with Crippen LogP contribution in [0.2, 0.25) is 0 Å². The van der Waals surface area contributed by atoms with Crippen LogP contribution in [-0.2, 0) is 15.5 Å². The third kappa shape index (κ3) is 4.09. The topological polar surface area (TPSA) is 120 Å². The highest BCUT2D eigenvalue weighted by Gasteiger charge is 2.16. The molecule has 3 N–H and O–H groups in total. The second kappa shape index (κ2) is 6.21. The molecule has 0 amide bonds. The molecule has 0 fully saturated rings. The van der Waals surface area contributed by atoms with Gasteiger partial charge in [-0.25, -0.2) is 0 Å². The molecule has 2 aromatic rings. The van der Waals surface area contributed by atoms with Gasteiger partial charge >= 0.3 is 0 Å². The van der Waals surface area contributed by atoms with E-state index in [1.807, 2.05) is 20.8 Å². The molecule has 0 bridgehead atoms. The van der Waals surface area contributed by atoms with E-state index in [2.05, 4.69) is 10.2 Å². The van der Waals surface area contributed by atoms with Crippen LogP contribution < -0.4 is 0 Å². The van der Waals surface area contributed by atoms with Gasteiger partial charge in [-0.1, -0.05) is 26.8 Å². The Morgan fingerprint density at radius 3 is 2.04 bits per heavy atom. The van der Waals surface area contributed by atoms with E-state index in [0.717, 1.165) is 23.8 Å². The Morgan fingerprint density at radius 1 is 0.875 bits per heavy atom. The summed E-state index contributed by atoms with van der Waals surface area (Å²) in [6.45, 7) is 6.01. The summed E-state index contributed by atoms with van der Waals surface area (Å²) < 4.78 is 31.3. The first-order chi connectivity index (χ1) is 11.0. The summed E-state index contributed by atoms with van der Waals surface area (Å²) in [5, 5.41) is 27.3. The number of nitrogens with zero attached hydrogens (tertiary/aromatic N) is 2. The highest BCUT2D eigenvalue weighted by atomic mass is 32.2. The fourth-order valence-electron chi connectivity index (χ4n) is 1.93. The highest BCUT2D eigenvalue weighted by molar-refractivity contribution is 7.85. The van der Waals surface area contributed by atoms with Gasteiger partial charge in [0.2, 0.25) is 0 Å². The number of hydrogen-bond donors (Lipinski definition) is 3. The van der Waals surface area contributed by atoms with Crippen molar-refractivity contribution in [2.75, 3.05) is 0 Å². The van der Waals surface area contributed by atoms with Crippen molar-refractivity contribution < 1.29 is 23.2 Å². The van der Waals surface area contributed by atoms with Gasteiger partial charge in [0.25, 0.3) is 10.1 Å². The number of hydrogen-bond acceptors (Lipinski definition) is 6. The number of rotatable bonds is 3. The SMILES string of the molecule is CC(C)(C)c1ccc(/N=N\c2cc(S(=O)(=O)O)ccc2O)c(O)c1. The Labute approximate surface area is 140 Å². The molecule has 8 heteroatoms. The van der Waals surface area contributed by atoms with Crippen LogP contribution in [-0.4, -0.2) is 23.2 Å². The van der Waals surface area contributed by atoms with Crippen molar-refractivity contribution in [3.63, 3.8) is 0 Å². The van der Waals surface area contributed by atoms with Gasteiger partial charge in [0, 0.05) is 0 Å². The zero-order valence-electron chi connectivity index (χ0n) is 13.4. The summed E-state index contributed by atoms with van der Waals surface area (Å²) >= 11 is 0. The summed E-state index contributed by atoms with van der Waals surface area (Å²) in [5.74, 6) is -0.395. The van der Waals surface area contributed by atoms with Gasteiger partial charge in [-0.3, -0.25) is 4.55 Å². The molecule has 0 aromatic heterocycles. The largest absolute Gasteiger partial charge is 0.506 e. The summed E-state index contributed by atoms with van der Waals surface area (Å²) in [5.41, 5.74) is 0.786. The lowest BCUT2D eigenvalue weighted by Gasteiger charge is -2.19. The number of phenols is 2. The average Bonchev–Trinajstić information content (AvgIpc) is 2.45. The van der Waals surface area contributed by atoms with Gasteiger partial charge < -0.3 is 10.2 Å². The monoisotopic (exact) mass is 350 g/mol. The zero-order chi connectivity index (χ0) is 18.1. The Morgan fingerprint density at radius 2 is 1.50 bits per heavy atom. The third-order valence-electron chi connectivity index (χ3n) is 3.35. The Kier molecular flexibility index (Phi) is 4.63. The summed E-state index contributed by atoms with van der Waals surface area (Å²) in [4.78, 5) is -0.415. The number of benzene rings is 2. The molecule has 2 rings (SSSR count). The van der Waals surface area contributed by atoms with Crippen LogP contribution >= 0.6 is 0 Å². The molecule has 0 atom stereocenters. The summed E-state index contributed by atoms with van der Waals surface area (Å²) in [7, 11) is -4.42. The van der Waals surface area contributed by atoms with Gasteiger partial charge in [-0.2, -0.15) is 8.42 Å². The molecule has 0 saturated carbocycles. The molecule has 24 heavy (non-hydrogen) atoms. The van der Waals surface area contributed by atoms with Crippen molar-refractivity contribution in [3.05, 3.63) is 42.0 Å². The third-order valence-corrected chi connectivity index (χ3v) is 4.20. The molecule has 7 nitrogen and oxygen atoms in total. The first-order valence-corrected chi connectivity index (χ1v) is 8.48. The van der Waals surface area contributed by atoms with E-state index in [1.54, 1.807) is 18.2 Å². The quantitative estimate of drug-likeness (QED) is 0.569. The molecule has 0 unspecified atom stereocenters. The molecule has 0 aliphatic heterocycles. The van der Waals surface area contributed by atoms with Crippen molar-refractivity contribution in [1.29, 1.82) is 0 Å². The van der Waals surface area contributed by atoms with Crippen LogP contribution in [0.3, 0.4) is 0 Å². The Balaban J connectivity index is 2.38. The molecule has 0 heterocycles. The Bertz CT molecular complexity index is 899. The van der Waals surface area contributed by atoms with Crippen LogP contribution in [0.5, 0.6) is 11.5 Å². The van der Waals surface area contributed by atoms with E-state index >= 15 is 0 Å². The smallest absolute Gasteiger partial charge is 0.294 e. The van der Waals surface area contributed by atoms with Crippen molar-refractivity contribution in [3.8, 4) is 11.5 Å². The number of aromatic hydroxyl groups is 2. The summed E-state index contributed by atoms with van der Waals surface area (Å²) in [6.07, 6.45) is 0. The second-order valence-electron chi connectivity index (χ2n) is 6.28. The average molecular weight is 350 g/mol. The van der Waals surface area contributed by atoms with Gasteiger partial charge in [0.1, 0.15) is 22.9 Å². The predicted molar refractivity (Wildman–Crippen MR) is 88.9 cm³/mol. The molecular formula is C16H18N2O5S. The van der Waals surface area contributed by atoms with E-state index in [0.29, 0.717) is 0 Å². The van der Waals surface area contributed by atoms with Crippen LogP contribution in [0.1, 0.15) is 26.3 Å². The highest BCUT2D eigenvalue weighted by Crippen LogP contribution is 2.35. The minimum absolute atomic E-state index is 0.0865. The van der Waals surface area contributed by atoms with Gasteiger partial charge in [0.15, 0.2) is 0 Å². The molecular weight excluding hydrogens is 332 g/mol. The minimum Gasteiger partial charge on any atom is -0.506 e. The van der Waals surface area contributed by atoms with Gasteiger partial charge in [-0.05, 0) is 41.3 Å². The molecule has 0 aliphatic rings. The minimum atomic E-state index is -4.42. The molecule has 128 valence electrons. The fraction of sp³-hybridized carbons (Fsp3) is 0.250. The number of azo groups is 1. The predicted octanol–water partition coefficient (Wildman–Crippen LogP) is 4.06. The standard InChI is InChI=1S/C16H18N2O5S/c1-16(2,3)10-4-6-12(15(20)8-10)17-18-13-9-11(24(21,22)23)5-7-14(13)19/h4-9,19-20H,1-3H3,(H,21,22,23)/b18-17-. The van der Waals surface area contributed by atoms with E-state index in [1.165, 1.54) is 0 Å². The van der Waals surface area contributed by atoms with Crippen molar-refractivity contribution in [2.45, 2.75) is 31.1 Å². The van der Waals surface area contributed by atoms with E-state index in [9.17, 15) is 18.6 Å². The first kappa shape index (κ1) is 17.9. The molecule has 0 aliphatic carbocycles. The fourth-order valence-corrected chi connectivity index (χ4v) is 2.43. The first-order valence-electron chi connectivity index (χ1n) is 7.04. The molecule has 0 saturated heterocycles. The second-order valence-corrected chi connectivity index (χ2v) is 7.70. The lowest BCUT2D eigenvalue weighted by Crippen LogP contribution is -2.10. The van der Waals surface area contributed by atoms with Crippen molar-refractivity contribution >= 4 is 21.5 Å². The van der Waals surface area contributed by atoms with Crippen LogP contribution in [0.15, 0.2) is 51.5 Å². The maximum absolute atomic E-state index is 11.1. The van der Waals surface area contributed by atoms with Gasteiger partial charge in [-0.15, -0.1) is 10.2 Å². The van der Waals surface area contributed by atoms with Crippen molar-refractivity contribution in [1.82, 2.24) is 0 Å². The maximum atomic E-state index is 11.1. The van der Waals surface area contributed by atoms with E-state index in [4.69, 9.17) is 4.55 Å².